The normalized spacial score (nSPS) is 20.1. The van der Waals surface area contributed by atoms with E-state index in [0.717, 1.165) is 11.3 Å². The van der Waals surface area contributed by atoms with E-state index in [-0.39, 0.29) is 17.9 Å². The van der Waals surface area contributed by atoms with Crippen molar-refractivity contribution in [2.75, 3.05) is 4.90 Å². The molecule has 2 atom stereocenters. The lowest BCUT2D eigenvalue weighted by atomic mass is 9.97. The first-order valence-electron chi connectivity index (χ1n) is 6.21. The molecular formula is C14H18FNO2. The smallest absolute Gasteiger partial charge is 0.308 e. The number of anilines is 1. The number of carbonyl (C=O) groups is 1. The van der Waals surface area contributed by atoms with E-state index in [9.17, 15) is 14.3 Å². The van der Waals surface area contributed by atoms with Gasteiger partial charge in [-0.15, -0.1) is 0 Å². The molecule has 0 aromatic heterocycles. The molecule has 0 radical (unpaired) electrons. The summed E-state index contributed by atoms with van der Waals surface area (Å²) in [6.07, 6.45) is 0.596. The topological polar surface area (TPSA) is 40.5 Å². The van der Waals surface area contributed by atoms with Gasteiger partial charge in [-0.1, -0.05) is 0 Å². The van der Waals surface area contributed by atoms with Gasteiger partial charge in [0.25, 0.3) is 0 Å². The lowest BCUT2D eigenvalue weighted by molar-refractivity contribution is -0.141. The molecule has 1 heterocycles. The van der Waals surface area contributed by atoms with Crippen LogP contribution < -0.4 is 4.90 Å². The van der Waals surface area contributed by atoms with Crippen molar-refractivity contribution in [2.45, 2.75) is 39.3 Å². The van der Waals surface area contributed by atoms with Gasteiger partial charge < -0.3 is 10.0 Å². The summed E-state index contributed by atoms with van der Waals surface area (Å²) in [6.45, 7) is 5.77. The van der Waals surface area contributed by atoms with E-state index in [1.54, 1.807) is 13.0 Å². The van der Waals surface area contributed by atoms with E-state index in [1.807, 2.05) is 13.8 Å². The van der Waals surface area contributed by atoms with Crippen LogP contribution in [0.5, 0.6) is 0 Å². The molecule has 2 rings (SSSR count). The minimum absolute atomic E-state index is 0.0979. The van der Waals surface area contributed by atoms with Crippen molar-refractivity contribution in [3.63, 3.8) is 0 Å². The molecule has 0 fully saturated rings. The fourth-order valence-electron chi connectivity index (χ4n) is 2.72. The minimum atomic E-state index is -0.807. The maximum Gasteiger partial charge on any atom is 0.308 e. The molecule has 0 amide bonds. The van der Waals surface area contributed by atoms with Gasteiger partial charge in [0.2, 0.25) is 0 Å². The van der Waals surface area contributed by atoms with Crippen molar-refractivity contribution in [3.05, 3.63) is 29.6 Å². The second-order valence-electron chi connectivity index (χ2n) is 5.17. The molecule has 18 heavy (non-hydrogen) atoms. The Hall–Kier alpha value is -1.58. The summed E-state index contributed by atoms with van der Waals surface area (Å²) >= 11 is 0. The van der Waals surface area contributed by atoms with Crippen LogP contribution in [0.2, 0.25) is 0 Å². The summed E-state index contributed by atoms with van der Waals surface area (Å²) < 4.78 is 13.2. The minimum Gasteiger partial charge on any atom is -0.481 e. The quantitative estimate of drug-likeness (QED) is 0.898. The number of halogens is 1. The Labute approximate surface area is 106 Å². The highest BCUT2D eigenvalue weighted by molar-refractivity contribution is 5.73. The molecule has 0 spiro atoms. The Morgan fingerprint density at radius 3 is 2.67 bits per heavy atom. The van der Waals surface area contributed by atoms with Gasteiger partial charge >= 0.3 is 5.97 Å². The predicted octanol–water partition coefficient (Wildman–Crippen LogP) is 2.69. The zero-order valence-corrected chi connectivity index (χ0v) is 10.9. The fourth-order valence-corrected chi connectivity index (χ4v) is 2.72. The summed E-state index contributed by atoms with van der Waals surface area (Å²) in [4.78, 5) is 13.3. The van der Waals surface area contributed by atoms with Crippen LogP contribution in [0.25, 0.3) is 0 Å². The summed E-state index contributed by atoms with van der Waals surface area (Å²) in [6, 6.07) is 4.79. The van der Waals surface area contributed by atoms with Crippen molar-refractivity contribution in [1.29, 1.82) is 0 Å². The van der Waals surface area contributed by atoms with Crippen LogP contribution >= 0.6 is 0 Å². The fraction of sp³-hybridized carbons (Fsp3) is 0.500. The van der Waals surface area contributed by atoms with Gasteiger partial charge in [-0.25, -0.2) is 4.39 Å². The number of nitrogens with zero attached hydrogens (tertiary/aromatic N) is 1. The van der Waals surface area contributed by atoms with Crippen molar-refractivity contribution < 1.29 is 14.3 Å². The lowest BCUT2D eigenvalue weighted by Gasteiger charge is -2.33. The number of carboxylic acid groups (broad SMARTS) is 1. The van der Waals surface area contributed by atoms with Gasteiger partial charge in [-0.3, -0.25) is 4.79 Å². The van der Waals surface area contributed by atoms with E-state index >= 15 is 0 Å². The third kappa shape index (κ3) is 2.07. The van der Waals surface area contributed by atoms with E-state index in [4.69, 9.17) is 0 Å². The molecular weight excluding hydrogens is 233 g/mol. The second kappa shape index (κ2) is 4.59. The zero-order chi connectivity index (χ0) is 13.4. The number of hydrogen-bond donors (Lipinski definition) is 1. The molecule has 2 unspecified atom stereocenters. The Bertz CT molecular complexity index is 473. The maximum atomic E-state index is 13.2. The molecule has 1 aromatic rings. The Balaban J connectivity index is 2.40. The third-order valence-electron chi connectivity index (χ3n) is 3.63. The summed E-state index contributed by atoms with van der Waals surface area (Å²) in [5.74, 6) is -1.54. The molecule has 98 valence electrons. The zero-order valence-electron chi connectivity index (χ0n) is 10.9. The first kappa shape index (κ1) is 12.9. The van der Waals surface area contributed by atoms with Gasteiger partial charge in [0.05, 0.1) is 5.92 Å². The average molecular weight is 251 g/mol. The number of hydrogen-bond acceptors (Lipinski definition) is 2. The van der Waals surface area contributed by atoms with Crippen molar-refractivity contribution in [1.82, 2.24) is 0 Å². The van der Waals surface area contributed by atoms with Crippen LogP contribution in [-0.2, 0) is 11.2 Å². The summed E-state index contributed by atoms with van der Waals surface area (Å²) in [5.41, 5.74) is 1.87. The number of carboxylic acids is 1. The largest absolute Gasteiger partial charge is 0.481 e. The molecule has 0 saturated heterocycles. The molecule has 0 bridgehead atoms. The first-order valence-corrected chi connectivity index (χ1v) is 6.21. The van der Waals surface area contributed by atoms with Crippen LogP contribution in [0.4, 0.5) is 10.1 Å². The number of benzene rings is 1. The van der Waals surface area contributed by atoms with Crippen LogP contribution in [-0.4, -0.2) is 23.2 Å². The van der Waals surface area contributed by atoms with Crippen molar-refractivity contribution in [2.24, 2.45) is 5.92 Å². The van der Waals surface area contributed by atoms with Gasteiger partial charge in [0.1, 0.15) is 5.82 Å². The Morgan fingerprint density at radius 2 is 2.11 bits per heavy atom. The second-order valence-corrected chi connectivity index (χ2v) is 5.17. The highest BCUT2D eigenvalue weighted by Gasteiger charge is 2.37. The predicted molar refractivity (Wildman–Crippen MR) is 68.3 cm³/mol. The van der Waals surface area contributed by atoms with Gasteiger partial charge in [0.15, 0.2) is 0 Å². The molecule has 0 aliphatic carbocycles. The highest BCUT2D eigenvalue weighted by Crippen LogP contribution is 2.37. The Kier molecular flexibility index (Phi) is 3.28. The van der Waals surface area contributed by atoms with Gasteiger partial charge in [0, 0.05) is 17.8 Å². The third-order valence-corrected chi connectivity index (χ3v) is 3.63. The van der Waals surface area contributed by atoms with Crippen LogP contribution in [0, 0.1) is 11.7 Å². The van der Waals surface area contributed by atoms with Crippen LogP contribution in [0.3, 0.4) is 0 Å². The summed E-state index contributed by atoms with van der Waals surface area (Å²) in [7, 11) is 0. The molecule has 0 saturated carbocycles. The summed E-state index contributed by atoms with van der Waals surface area (Å²) in [5, 5.41) is 9.17. The monoisotopic (exact) mass is 251 g/mol. The molecule has 1 N–H and O–H groups in total. The number of aliphatic carboxylic acids is 1. The number of rotatable bonds is 3. The molecule has 1 aliphatic rings. The first-order chi connectivity index (χ1) is 8.41. The SMILES string of the molecule is CC(C(=O)O)C1Cc2cc(F)ccc2N1C(C)C. The van der Waals surface area contributed by atoms with Gasteiger partial charge in [-0.2, -0.15) is 0 Å². The van der Waals surface area contributed by atoms with Crippen LogP contribution in [0.15, 0.2) is 18.2 Å². The van der Waals surface area contributed by atoms with E-state index in [2.05, 4.69) is 4.90 Å². The van der Waals surface area contributed by atoms with Crippen molar-refractivity contribution in [3.8, 4) is 0 Å². The molecule has 4 heteroatoms. The average Bonchev–Trinajstić information content (AvgIpc) is 2.65. The number of fused-ring (bicyclic) bond motifs is 1. The Morgan fingerprint density at radius 1 is 1.44 bits per heavy atom. The van der Waals surface area contributed by atoms with Crippen LogP contribution in [0.1, 0.15) is 26.3 Å². The molecule has 3 nitrogen and oxygen atoms in total. The highest BCUT2D eigenvalue weighted by atomic mass is 19.1. The standard InChI is InChI=1S/C14H18FNO2/c1-8(2)16-12-5-4-11(15)6-10(12)7-13(16)9(3)14(17)18/h4-6,8-9,13H,7H2,1-3H3,(H,17,18). The lowest BCUT2D eigenvalue weighted by Crippen LogP contribution is -2.44. The maximum absolute atomic E-state index is 13.2. The molecule has 1 aliphatic heterocycles. The van der Waals surface area contributed by atoms with Crippen molar-refractivity contribution >= 4 is 11.7 Å². The molecule has 1 aromatic carbocycles. The van der Waals surface area contributed by atoms with E-state index < -0.39 is 11.9 Å². The van der Waals surface area contributed by atoms with Gasteiger partial charge in [-0.05, 0) is 51.0 Å². The van der Waals surface area contributed by atoms with E-state index in [1.165, 1.54) is 12.1 Å². The van der Waals surface area contributed by atoms with E-state index in [0.29, 0.717) is 6.42 Å².